The van der Waals surface area contributed by atoms with Gasteiger partial charge in [-0.25, -0.2) is 0 Å². The Kier molecular flexibility index (Phi) is 2.07. The normalized spacial score (nSPS) is 9.25. The second-order valence-corrected chi connectivity index (χ2v) is 3.33. The van der Waals surface area contributed by atoms with Crippen molar-refractivity contribution >= 4 is 38.0 Å². The molecule has 0 unspecified atom stereocenters. The van der Waals surface area contributed by atoms with Crippen LogP contribution in [-0.4, -0.2) is 10.2 Å². The Morgan fingerprint density at radius 2 is 2.12 bits per heavy atom. The highest BCUT2D eigenvalue weighted by atomic mass is 127. The molecular formula is C6H4ISi. The summed E-state index contributed by atoms with van der Waals surface area (Å²) < 4.78 is 1.26. The van der Waals surface area contributed by atoms with Crippen molar-refractivity contribution < 1.29 is 0 Å². The lowest BCUT2D eigenvalue weighted by Crippen LogP contribution is -1.99. The van der Waals surface area contributed by atoms with E-state index in [2.05, 4.69) is 45.0 Å². The maximum absolute atomic E-state index is 3.40. The first-order valence-electron chi connectivity index (χ1n) is 2.26. The van der Waals surface area contributed by atoms with Gasteiger partial charge in [-0.3, -0.25) is 0 Å². The van der Waals surface area contributed by atoms with Crippen LogP contribution >= 0.6 is 22.6 Å². The van der Waals surface area contributed by atoms with Crippen molar-refractivity contribution in [2.24, 2.45) is 0 Å². The molecule has 0 aromatic heterocycles. The first-order valence-corrected chi connectivity index (χ1v) is 3.84. The molecule has 1 aromatic rings. The Morgan fingerprint density at radius 3 is 2.50 bits per heavy atom. The van der Waals surface area contributed by atoms with E-state index in [9.17, 15) is 0 Å². The largest absolute Gasteiger partial charge is 0.0712 e. The highest BCUT2D eigenvalue weighted by Crippen LogP contribution is 1.98. The summed E-state index contributed by atoms with van der Waals surface area (Å²) in [5.41, 5.74) is 0. The Balaban J connectivity index is 3.08. The molecule has 0 aliphatic carbocycles. The summed E-state index contributed by atoms with van der Waals surface area (Å²) in [5, 5.41) is 1.14. The minimum Gasteiger partial charge on any atom is -0.0663 e. The van der Waals surface area contributed by atoms with Gasteiger partial charge in [-0.1, -0.05) is 23.4 Å². The lowest BCUT2D eigenvalue weighted by molar-refractivity contribution is 1.70. The third-order valence-corrected chi connectivity index (χ3v) is 1.81. The highest BCUT2D eigenvalue weighted by molar-refractivity contribution is 14.1. The Labute approximate surface area is 65.9 Å². The van der Waals surface area contributed by atoms with E-state index in [4.69, 9.17) is 0 Å². The summed E-state index contributed by atoms with van der Waals surface area (Å²) in [4.78, 5) is 0. The Hall–Kier alpha value is 0.167. The second kappa shape index (κ2) is 2.64. The van der Waals surface area contributed by atoms with Gasteiger partial charge < -0.3 is 0 Å². The van der Waals surface area contributed by atoms with Crippen LogP contribution in [0, 0.1) is 3.57 Å². The zero-order valence-corrected chi connectivity index (χ0v) is 7.34. The number of rotatable bonds is 0. The molecule has 1 rings (SSSR count). The predicted octanol–water partition coefficient (Wildman–Crippen LogP) is 1.08. The SMILES string of the molecule is [Si]c1cccc(I)c1. The van der Waals surface area contributed by atoms with Crippen LogP contribution in [0.15, 0.2) is 24.3 Å². The van der Waals surface area contributed by atoms with E-state index in [1.54, 1.807) is 0 Å². The number of halogens is 1. The van der Waals surface area contributed by atoms with Crippen LogP contribution in [0.4, 0.5) is 0 Å². The van der Waals surface area contributed by atoms with Crippen LogP contribution < -0.4 is 5.19 Å². The first kappa shape index (κ1) is 6.29. The van der Waals surface area contributed by atoms with Crippen LogP contribution in [0.3, 0.4) is 0 Å². The molecule has 0 bridgehead atoms. The van der Waals surface area contributed by atoms with Crippen molar-refractivity contribution in [3.05, 3.63) is 27.8 Å². The number of benzene rings is 1. The van der Waals surface area contributed by atoms with Crippen molar-refractivity contribution in [3.63, 3.8) is 0 Å². The molecule has 0 saturated carbocycles. The van der Waals surface area contributed by atoms with Gasteiger partial charge in [0.15, 0.2) is 0 Å². The quantitative estimate of drug-likeness (QED) is 0.463. The molecule has 0 aliphatic heterocycles. The van der Waals surface area contributed by atoms with Gasteiger partial charge in [0.25, 0.3) is 0 Å². The predicted molar refractivity (Wildman–Crippen MR) is 44.5 cm³/mol. The minimum absolute atomic E-state index is 1.14. The molecule has 0 amide bonds. The molecule has 0 heterocycles. The van der Waals surface area contributed by atoms with Crippen molar-refractivity contribution in [2.45, 2.75) is 0 Å². The van der Waals surface area contributed by atoms with Crippen molar-refractivity contribution in [1.29, 1.82) is 0 Å². The highest BCUT2D eigenvalue weighted by Gasteiger charge is 1.82. The van der Waals surface area contributed by atoms with Crippen LogP contribution in [0.1, 0.15) is 0 Å². The number of hydrogen-bond acceptors (Lipinski definition) is 0. The molecule has 0 fully saturated rings. The summed E-state index contributed by atoms with van der Waals surface area (Å²) in [6, 6.07) is 8.16. The second-order valence-electron chi connectivity index (χ2n) is 1.51. The van der Waals surface area contributed by atoms with Gasteiger partial charge in [0.05, 0.1) is 10.2 Å². The lowest BCUT2D eigenvalue weighted by Gasteiger charge is -1.89. The molecule has 0 nitrogen and oxygen atoms in total. The summed E-state index contributed by atoms with van der Waals surface area (Å²) in [6.45, 7) is 0. The lowest BCUT2D eigenvalue weighted by atomic mass is 10.4. The first-order chi connectivity index (χ1) is 3.79. The smallest absolute Gasteiger partial charge is 0.0663 e. The molecule has 39 valence electrons. The zero-order valence-electron chi connectivity index (χ0n) is 4.19. The van der Waals surface area contributed by atoms with Crippen molar-refractivity contribution in [2.75, 3.05) is 0 Å². The fraction of sp³-hybridized carbons (Fsp3) is 0. The van der Waals surface area contributed by atoms with E-state index in [-0.39, 0.29) is 0 Å². The van der Waals surface area contributed by atoms with E-state index >= 15 is 0 Å². The molecule has 0 N–H and O–H groups in total. The van der Waals surface area contributed by atoms with E-state index in [0.717, 1.165) is 5.19 Å². The summed E-state index contributed by atoms with van der Waals surface area (Å²) >= 11 is 2.27. The maximum Gasteiger partial charge on any atom is 0.0712 e. The molecular weight excluding hydrogens is 227 g/mol. The van der Waals surface area contributed by atoms with E-state index in [1.807, 2.05) is 12.1 Å². The van der Waals surface area contributed by atoms with Crippen LogP contribution in [-0.2, 0) is 0 Å². The van der Waals surface area contributed by atoms with E-state index < -0.39 is 0 Å². The van der Waals surface area contributed by atoms with Crippen molar-refractivity contribution in [1.82, 2.24) is 0 Å². The monoisotopic (exact) mass is 231 g/mol. The number of hydrogen-bond donors (Lipinski definition) is 0. The fourth-order valence-electron chi connectivity index (χ4n) is 0.488. The third kappa shape index (κ3) is 1.59. The van der Waals surface area contributed by atoms with Crippen LogP contribution in [0.2, 0.25) is 0 Å². The maximum atomic E-state index is 3.40. The van der Waals surface area contributed by atoms with Gasteiger partial charge in [0.1, 0.15) is 0 Å². The van der Waals surface area contributed by atoms with Gasteiger partial charge in [-0.05, 0) is 28.7 Å². The molecule has 0 spiro atoms. The minimum atomic E-state index is 1.14. The molecule has 1 aromatic carbocycles. The third-order valence-electron chi connectivity index (χ3n) is 0.825. The van der Waals surface area contributed by atoms with E-state index in [0.29, 0.717) is 0 Å². The molecule has 0 atom stereocenters. The van der Waals surface area contributed by atoms with Gasteiger partial charge >= 0.3 is 0 Å². The van der Waals surface area contributed by atoms with Crippen LogP contribution in [0.5, 0.6) is 0 Å². The summed E-state index contributed by atoms with van der Waals surface area (Å²) in [6.07, 6.45) is 0. The van der Waals surface area contributed by atoms with Gasteiger partial charge in [-0.15, -0.1) is 0 Å². The fourth-order valence-corrected chi connectivity index (χ4v) is 1.58. The zero-order chi connectivity index (χ0) is 5.98. The van der Waals surface area contributed by atoms with Crippen LogP contribution in [0.25, 0.3) is 0 Å². The topological polar surface area (TPSA) is 0 Å². The Bertz CT molecular complexity index is 168. The molecule has 3 radical (unpaired) electrons. The standard InChI is InChI=1S/C6H4ISi/c7-5-2-1-3-6(8)4-5/h1-4H. The molecule has 0 aliphatic rings. The molecule has 2 heteroatoms. The molecule has 8 heavy (non-hydrogen) atoms. The van der Waals surface area contributed by atoms with Gasteiger partial charge in [-0.2, -0.15) is 0 Å². The Morgan fingerprint density at radius 1 is 1.38 bits per heavy atom. The summed E-state index contributed by atoms with van der Waals surface area (Å²) in [7, 11) is 3.40. The van der Waals surface area contributed by atoms with E-state index in [1.165, 1.54) is 3.57 Å². The average molecular weight is 231 g/mol. The summed E-state index contributed by atoms with van der Waals surface area (Å²) in [5.74, 6) is 0. The van der Waals surface area contributed by atoms with Gasteiger partial charge in [0, 0.05) is 3.57 Å². The van der Waals surface area contributed by atoms with Gasteiger partial charge in [0.2, 0.25) is 0 Å². The average Bonchev–Trinajstić information content (AvgIpc) is 1.64. The van der Waals surface area contributed by atoms with Crippen molar-refractivity contribution in [3.8, 4) is 0 Å². The molecule has 0 saturated heterocycles.